The van der Waals surface area contributed by atoms with Gasteiger partial charge in [0.2, 0.25) is 0 Å². The topological polar surface area (TPSA) is 48.4 Å². The number of rotatable bonds is 5. The summed E-state index contributed by atoms with van der Waals surface area (Å²) in [5.41, 5.74) is 0. The minimum atomic E-state index is 0.283. The van der Waals surface area contributed by atoms with Gasteiger partial charge in [-0.05, 0) is 62.5 Å². The third kappa shape index (κ3) is 3.02. The number of likely N-dealkylation sites (tertiary alicyclic amines) is 1. The van der Waals surface area contributed by atoms with Crippen molar-refractivity contribution in [3.63, 3.8) is 0 Å². The molecule has 0 saturated carbocycles. The number of nitrogens with zero attached hydrogens (tertiary/aromatic N) is 2. The molecule has 1 aromatic carbocycles. The van der Waals surface area contributed by atoms with E-state index in [9.17, 15) is 5.11 Å². The number of anilines is 1. The van der Waals surface area contributed by atoms with Gasteiger partial charge in [0.25, 0.3) is 0 Å². The zero-order chi connectivity index (χ0) is 13.8. The maximum Gasteiger partial charge on any atom is 0.133 e. The number of hydrogen-bond donors (Lipinski definition) is 2. The summed E-state index contributed by atoms with van der Waals surface area (Å²) in [6, 6.07) is 7.36. The van der Waals surface area contributed by atoms with Crippen molar-refractivity contribution in [2.75, 3.05) is 31.5 Å². The molecule has 106 valence electrons. The molecule has 0 spiro atoms. The molecule has 20 heavy (non-hydrogen) atoms. The van der Waals surface area contributed by atoms with Crippen molar-refractivity contribution in [3.8, 4) is 5.75 Å². The fourth-order valence-corrected chi connectivity index (χ4v) is 2.81. The van der Waals surface area contributed by atoms with Crippen LogP contribution in [0.25, 0.3) is 10.8 Å². The molecule has 2 aromatic rings. The Balaban J connectivity index is 1.60. The molecule has 0 atom stereocenters. The van der Waals surface area contributed by atoms with Gasteiger partial charge in [-0.3, -0.25) is 0 Å². The van der Waals surface area contributed by atoms with Crippen LogP contribution < -0.4 is 5.32 Å². The molecule has 0 radical (unpaired) electrons. The molecule has 1 aliphatic heterocycles. The van der Waals surface area contributed by atoms with Crippen molar-refractivity contribution in [3.05, 3.63) is 30.5 Å². The first-order valence-electron chi connectivity index (χ1n) is 7.37. The van der Waals surface area contributed by atoms with E-state index in [-0.39, 0.29) is 5.75 Å². The maximum atomic E-state index is 9.61. The highest BCUT2D eigenvalue weighted by Crippen LogP contribution is 2.24. The van der Waals surface area contributed by atoms with Gasteiger partial charge < -0.3 is 15.3 Å². The summed E-state index contributed by atoms with van der Waals surface area (Å²) in [6.07, 6.45) is 5.62. The van der Waals surface area contributed by atoms with Crippen molar-refractivity contribution >= 4 is 16.6 Å². The highest BCUT2D eigenvalue weighted by molar-refractivity contribution is 5.92. The van der Waals surface area contributed by atoms with Gasteiger partial charge in [-0.15, -0.1) is 0 Å². The number of nitrogens with one attached hydrogen (secondary N) is 1. The van der Waals surface area contributed by atoms with Crippen LogP contribution in [0.5, 0.6) is 5.75 Å². The first-order chi connectivity index (χ1) is 9.83. The highest BCUT2D eigenvalue weighted by Gasteiger charge is 2.10. The number of pyridine rings is 1. The molecule has 2 N–H and O–H groups in total. The zero-order valence-corrected chi connectivity index (χ0v) is 11.7. The van der Waals surface area contributed by atoms with Gasteiger partial charge in [0, 0.05) is 18.1 Å². The molecular formula is C16H21N3O. The Hall–Kier alpha value is -1.81. The van der Waals surface area contributed by atoms with E-state index < -0.39 is 0 Å². The predicted octanol–water partition coefficient (Wildman–Crippen LogP) is 2.84. The largest absolute Gasteiger partial charge is 0.508 e. The van der Waals surface area contributed by atoms with E-state index >= 15 is 0 Å². The number of phenols is 1. The molecule has 0 aliphatic carbocycles. The van der Waals surface area contributed by atoms with Crippen molar-refractivity contribution in [2.24, 2.45) is 0 Å². The van der Waals surface area contributed by atoms with Gasteiger partial charge >= 0.3 is 0 Å². The van der Waals surface area contributed by atoms with E-state index in [0.717, 1.165) is 36.1 Å². The Bertz CT molecular complexity index is 579. The number of phenolic OH excluding ortho intramolecular Hbond substituents is 1. The summed E-state index contributed by atoms with van der Waals surface area (Å²) in [5.74, 6) is 1.14. The number of aromatic nitrogens is 1. The van der Waals surface area contributed by atoms with Crippen LogP contribution in [0.15, 0.2) is 30.5 Å². The third-order valence-corrected chi connectivity index (χ3v) is 3.89. The Kier molecular flexibility index (Phi) is 4.02. The fraction of sp³-hybridized carbons (Fsp3) is 0.438. The molecule has 0 bridgehead atoms. The number of aromatic hydroxyl groups is 1. The molecule has 4 nitrogen and oxygen atoms in total. The van der Waals surface area contributed by atoms with Gasteiger partial charge in [-0.25, -0.2) is 4.98 Å². The van der Waals surface area contributed by atoms with Gasteiger partial charge in [0.1, 0.15) is 11.6 Å². The van der Waals surface area contributed by atoms with Crippen LogP contribution >= 0.6 is 0 Å². The van der Waals surface area contributed by atoms with Crippen LogP contribution in [0.1, 0.15) is 19.3 Å². The Morgan fingerprint density at radius 3 is 2.90 bits per heavy atom. The summed E-state index contributed by atoms with van der Waals surface area (Å²) in [6.45, 7) is 4.57. The van der Waals surface area contributed by atoms with Crippen LogP contribution in [0.2, 0.25) is 0 Å². The van der Waals surface area contributed by atoms with Gasteiger partial charge in [0.05, 0.1) is 0 Å². The normalized spacial score (nSPS) is 15.8. The molecule has 1 aromatic heterocycles. The predicted molar refractivity (Wildman–Crippen MR) is 82.2 cm³/mol. The van der Waals surface area contributed by atoms with Crippen LogP contribution in [-0.2, 0) is 0 Å². The van der Waals surface area contributed by atoms with E-state index in [4.69, 9.17) is 0 Å². The van der Waals surface area contributed by atoms with Crippen molar-refractivity contribution in [2.45, 2.75) is 19.3 Å². The standard InChI is InChI=1S/C16H21N3O/c20-14-5-4-13-6-8-18-16(15(13)12-14)17-7-3-11-19-9-1-2-10-19/h4-6,8,12,20H,1-3,7,9-11H2,(H,17,18). The number of hydrogen-bond acceptors (Lipinski definition) is 4. The lowest BCUT2D eigenvalue weighted by atomic mass is 10.1. The van der Waals surface area contributed by atoms with E-state index in [1.54, 1.807) is 12.1 Å². The molecular weight excluding hydrogens is 250 g/mol. The molecule has 1 saturated heterocycles. The Morgan fingerprint density at radius 1 is 1.20 bits per heavy atom. The van der Waals surface area contributed by atoms with Crippen molar-refractivity contribution in [1.29, 1.82) is 0 Å². The molecule has 0 amide bonds. The SMILES string of the molecule is Oc1ccc2ccnc(NCCCN3CCCC3)c2c1. The molecule has 0 unspecified atom stereocenters. The zero-order valence-electron chi connectivity index (χ0n) is 11.7. The lowest BCUT2D eigenvalue weighted by molar-refractivity contribution is 0.337. The summed E-state index contributed by atoms with van der Waals surface area (Å²) in [5, 5.41) is 15.1. The highest BCUT2D eigenvalue weighted by atomic mass is 16.3. The second kappa shape index (κ2) is 6.09. The van der Waals surface area contributed by atoms with E-state index in [1.807, 2.05) is 18.3 Å². The molecule has 3 rings (SSSR count). The summed E-state index contributed by atoms with van der Waals surface area (Å²) >= 11 is 0. The molecule has 2 heterocycles. The van der Waals surface area contributed by atoms with Crippen molar-refractivity contribution in [1.82, 2.24) is 9.88 Å². The minimum absolute atomic E-state index is 0.283. The average Bonchev–Trinajstić information content (AvgIpc) is 2.97. The lowest BCUT2D eigenvalue weighted by Gasteiger charge is -2.15. The second-order valence-corrected chi connectivity index (χ2v) is 5.39. The quantitative estimate of drug-likeness (QED) is 0.821. The molecule has 4 heteroatoms. The van der Waals surface area contributed by atoms with Gasteiger partial charge in [-0.1, -0.05) is 6.07 Å². The van der Waals surface area contributed by atoms with E-state index in [1.165, 1.54) is 25.9 Å². The second-order valence-electron chi connectivity index (χ2n) is 5.39. The third-order valence-electron chi connectivity index (χ3n) is 3.89. The monoisotopic (exact) mass is 271 g/mol. The summed E-state index contributed by atoms with van der Waals surface area (Å²) in [4.78, 5) is 6.90. The van der Waals surface area contributed by atoms with Crippen molar-refractivity contribution < 1.29 is 5.11 Å². The lowest BCUT2D eigenvalue weighted by Crippen LogP contribution is -2.22. The Labute approximate surface area is 119 Å². The fourth-order valence-electron chi connectivity index (χ4n) is 2.81. The Morgan fingerprint density at radius 2 is 2.05 bits per heavy atom. The van der Waals surface area contributed by atoms with E-state index in [0.29, 0.717) is 0 Å². The summed E-state index contributed by atoms with van der Waals surface area (Å²) in [7, 11) is 0. The number of benzene rings is 1. The number of fused-ring (bicyclic) bond motifs is 1. The van der Waals surface area contributed by atoms with Gasteiger partial charge in [-0.2, -0.15) is 0 Å². The van der Waals surface area contributed by atoms with Crippen LogP contribution in [0.3, 0.4) is 0 Å². The molecule has 1 aliphatic rings. The first-order valence-corrected chi connectivity index (χ1v) is 7.37. The van der Waals surface area contributed by atoms with Crippen LogP contribution in [0, 0.1) is 0 Å². The smallest absolute Gasteiger partial charge is 0.133 e. The molecule has 1 fully saturated rings. The van der Waals surface area contributed by atoms with Gasteiger partial charge in [0.15, 0.2) is 0 Å². The van der Waals surface area contributed by atoms with E-state index in [2.05, 4.69) is 15.2 Å². The first kappa shape index (κ1) is 13.2. The van der Waals surface area contributed by atoms with Crippen LogP contribution in [0.4, 0.5) is 5.82 Å². The summed E-state index contributed by atoms with van der Waals surface area (Å²) < 4.78 is 0. The van der Waals surface area contributed by atoms with Crippen LogP contribution in [-0.4, -0.2) is 41.2 Å². The maximum absolute atomic E-state index is 9.61. The average molecular weight is 271 g/mol. The minimum Gasteiger partial charge on any atom is -0.508 e.